The van der Waals surface area contributed by atoms with Crippen LogP contribution >= 0.6 is 0 Å². The third kappa shape index (κ3) is 10.0. The molecule has 0 fully saturated rings. The normalized spacial score (nSPS) is 15.3. The fraction of sp³-hybridized carbons (Fsp3) is 0.867. The second kappa shape index (κ2) is 9.00. The van der Waals surface area contributed by atoms with E-state index in [-0.39, 0.29) is 0 Å². The van der Waals surface area contributed by atoms with E-state index in [0.717, 1.165) is 11.8 Å². The molecule has 90 valence electrons. The standard InChI is InChI=1S/C15H30/c1-6-14(4)10-8-12-15(5)11-7-9-13(2)3/h6,13-15H,1,7-12H2,2-5H3/t14-,15-/m1/s1. The second-order valence-corrected chi connectivity index (χ2v) is 5.57. The Kier molecular flexibility index (Phi) is 8.85. The molecular formula is C15H30. The van der Waals surface area contributed by atoms with Crippen molar-refractivity contribution in [3.05, 3.63) is 12.7 Å². The SMILES string of the molecule is C=C[C@@H](C)CCC[C@H](C)CCCC(C)C. The Bertz CT molecular complexity index is 146. The first-order chi connectivity index (χ1) is 7.06. The van der Waals surface area contributed by atoms with Gasteiger partial charge >= 0.3 is 0 Å². The van der Waals surface area contributed by atoms with Crippen molar-refractivity contribution >= 4 is 0 Å². The van der Waals surface area contributed by atoms with Crippen LogP contribution in [0, 0.1) is 17.8 Å². The number of rotatable bonds is 9. The molecule has 0 radical (unpaired) electrons. The van der Waals surface area contributed by atoms with Crippen LogP contribution in [0.3, 0.4) is 0 Å². The van der Waals surface area contributed by atoms with Crippen LogP contribution in [0.25, 0.3) is 0 Å². The van der Waals surface area contributed by atoms with Crippen molar-refractivity contribution in [1.29, 1.82) is 0 Å². The van der Waals surface area contributed by atoms with Crippen molar-refractivity contribution < 1.29 is 0 Å². The maximum Gasteiger partial charge on any atom is -0.0265 e. The minimum absolute atomic E-state index is 0.702. The summed E-state index contributed by atoms with van der Waals surface area (Å²) in [6.07, 6.45) is 10.4. The molecule has 0 saturated heterocycles. The topological polar surface area (TPSA) is 0 Å². The van der Waals surface area contributed by atoms with Gasteiger partial charge in [-0.25, -0.2) is 0 Å². The zero-order valence-corrected chi connectivity index (χ0v) is 11.3. The lowest BCUT2D eigenvalue weighted by Gasteiger charge is -2.13. The smallest absolute Gasteiger partial charge is 0.0265 e. The summed E-state index contributed by atoms with van der Waals surface area (Å²) < 4.78 is 0. The largest absolute Gasteiger partial charge is 0.103 e. The van der Waals surface area contributed by atoms with E-state index in [1.54, 1.807) is 0 Å². The maximum atomic E-state index is 3.83. The molecule has 0 aliphatic carbocycles. The van der Waals surface area contributed by atoms with Crippen molar-refractivity contribution in [3.8, 4) is 0 Å². The highest BCUT2D eigenvalue weighted by Gasteiger charge is 2.04. The lowest BCUT2D eigenvalue weighted by atomic mass is 9.93. The molecular weight excluding hydrogens is 180 g/mol. The molecule has 0 aromatic carbocycles. The van der Waals surface area contributed by atoms with E-state index >= 15 is 0 Å². The Balaban J connectivity index is 3.33. The Labute approximate surface area is 97.2 Å². The van der Waals surface area contributed by atoms with Crippen LogP contribution in [-0.2, 0) is 0 Å². The third-order valence-electron chi connectivity index (χ3n) is 3.24. The third-order valence-corrected chi connectivity index (χ3v) is 3.24. The molecule has 2 atom stereocenters. The molecule has 0 bridgehead atoms. The predicted octanol–water partition coefficient (Wildman–Crippen LogP) is 5.44. The summed E-state index contributed by atoms with van der Waals surface area (Å²) in [7, 11) is 0. The van der Waals surface area contributed by atoms with E-state index in [9.17, 15) is 0 Å². The van der Waals surface area contributed by atoms with E-state index in [2.05, 4.69) is 40.3 Å². The number of hydrogen-bond acceptors (Lipinski definition) is 0. The minimum Gasteiger partial charge on any atom is -0.103 e. The summed E-state index contributed by atoms with van der Waals surface area (Å²) in [6.45, 7) is 13.1. The molecule has 0 heteroatoms. The van der Waals surface area contributed by atoms with Gasteiger partial charge < -0.3 is 0 Å². The average Bonchev–Trinajstić information content (AvgIpc) is 2.17. The first kappa shape index (κ1) is 14.7. The summed E-state index contributed by atoms with van der Waals surface area (Å²) in [4.78, 5) is 0. The molecule has 0 aliphatic heterocycles. The van der Waals surface area contributed by atoms with E-state index in [0.29, 0.717) is 5.92 Å². The van der Waals surface area contributed by atoms with Gasteiger partial charge in [-0.3, -0.25) is 0 Å². The van der Waals surface area contributed by atoms with Crippen molar-refractivity contribution in [1.82, 2.24) is 0 Å². The Morgan fingerprint density at radius 3 is 1.87 bits per heavy atom. The fourth-order valence-electron chi connectivity index (χ4n) is 1.93. The van der Waals surface area contributed by atoms with Crippen molar-refractivity contribution in [2.24, 2.45) is 17.8 Å². The molecule has 0 amide bonds. The highest BCUT2D eigenvalue weighted by molar-refractivity contribution is 4.74. The molecule has 0 rings (SSSR count). The van der Waals surface area contributed by atoms with Crippen LogP contribution in [0.1, 0.15) is 66.2 Å². The van der Waals surface area contributed by atoms with Gasteiger partial charge in [-0.1, -0.05) is 65.9 Å². The molecule has 0 aromatic heterocycles. The van der Waals surface area contributed by atoms with Crippen LogP contribution in [-0.4, -0.2) is 0 Å². The average molecular weight is 210 g/mol. The van der Waals surface area contributed by atoms with Gasteiger partial charge in [0.05, 0.1) is 0 Å². The van der Waals surface area contributed by atoms with Gasteiger partial charge in [-0.05, 0) is 24.2 Å². The zero-order valence-electron chi connectivity index (χ0n) is 11.3. The van der Waals surface area contributed by atoms with Gasteiger partial charge in [0, 0.05) is 0 Å². The summed E-state index contributed by atoms with van der Waals surface area (Å²) in [5, 5.41) is 0. The lowest BCUT2D eigenvalue weighted by molar-refractivity contribution is 0.413. The quantitative estimate of drug-likeness (QED) is 0.444. The van der Waals surface area contributed by atoms with Crippen LogP contribution in [0.5, 0.6) is 0 Å². The summed E-state index contributed by atoms with van der Waals surface area (Å²) in [6, 6.07) is 0. The fourth-order valence-corrected chi connectivity index (χ4v) is 1.93. The second-order valence-electron chi connectivity index (χ2n) is 5.57. The van der Waals surface area contributed by atoms with Gasteiger partial charge in [-0.15, -0.1) is 6.58 Å². The molecule has 15 heavy (non-hydrogen) atoms. The van der Waals surface area contributed by atoms with Gasteiger partial charge in [0.2, 0.25) is 0 Å². The lowest BCUT2D eigenvalue weighted by Crippen LogP contribution is -1.98. The molecule has 0 N–H and O–H groups in total. The van der Waals surface area contributed by atoms with Gasteiger partial charge in [-0.2, -0.15) is 0 Å². The monoisotopic (exact) mass is 210 g/mol. The van der Waals surface area contributed by atoms with Crippen molar-refractivity contribution in [2.45, 2.75) is 66.2 Å². The molecule has 0 nitrogen and oxygen atoms in total. The van der Waals surface area contributed by atoms with E-state index in [1.807, 2.05) is 0 Å². The van der Waals surface area contributed by atoms with Crippen molar-refractivity contribution in [3.63, 3.8) is 0 Å². The van der Waals surface area contributed by atoms with Crippen molar-refractivity contribution in [2.75, 3.05) is 0 Å². The highest BCUT2D eigenvalue weighted by Crippen LogP contribution is 2.19. The number of hydrogen-bond donors (Lipinski definition) is 0. The van der Waals surface area contributed by atoms with Crippen LogP contribution in [0.4, 0.5) is 0 Å². The maximum absolute atomic E-state index is 3.83. The summed E-state index contributed by atoms with van der Waals surface area (Å²) in [5.74, 6) is 2.49. The Morgan fingerprint density at radius 2 is 1.40 bits per heavy atom. The van der Waals surface area contributed by atoms with Crippen LogP contribution in [0.2, 0.25) is 0 Å². The van der Waals surface area contributed by atoms with E-state index in [4.69, 9.17) is 0 Å². The molecule has 0 aliphatic rings. The molecule has 0 heterocycles. The van der Waals surface area contributed by atoms with Gasteiger partial charge in [0.25, 0.3) is 0 Å². The highest BCUT2D eigenvalue weighted by atomic mass is 14.1. The summed E-state index contributed by atoms with van der Waals surface area (Å²) in [5.41, 5.74) is 0. The molecule has 0 aromatic rings. The minimum atomic E-state index is 0.702. The van der Waals surface area contributed by atoms with Crippen LogP contribution < -0.4 is 0 Å². The van der Waals surface area contributed by atoms with Crippen LogP contribution in [0.15, 0.2) is 12.7 Å². The predicted molar refractivity (Wildman–Crippen MR) is 71.1 cm³/mol. The Hall–Kier alpha value is -0.260. The zero-order chi connectivity index (χ0) is 11.7. The first-order valence-corrected chi connectivity index (χ1v) is 6.68. The van der Waals surface area contributed by atoms with E-state index < -0.39 is 0 Å². The molecule has 0 saturated carbocycles. The van der Waals surface area contributed by atoms with Gasteiger partial charge in [0.15, 0.2) is 0 Å². The first-order valence-electron chi connectivity index (χ1n) is 6.68. The molecule has 0 unspecified atom stereocenters. The van der Waals surface area contributed by atoms with Gasteiger partial charge in [0.1, 0.15) is 0 Å². The summed E-state index contributed by atoms with van der Waals surface area (Å²) >= 11 is 0. The van der Waals surface area contributed by atoms with E-state index in [1.165, 1.54) is 38.5 Å². The number of allylic oxidation sites excluding steroid dienone is 1. The Morgan fingerprint density at radius 1 is 0.867 bits per heavy atom. The molecule has 0 spiro atoms.